The largest absolute Gasteiger partial charge is 0.347 e. The smallest absolute Gasteiger partial charge is 0.315 e. The van der Waals surface area contributed by atoms with Crippen molar-refractivity contribution in [2.75, 3.05) is 25.4 Å². The van der Waals surface area contributed by atoms with Crippen LogP contribution in [0.4, 0.5) is 4.79 Å². The van der Waals surface area contributed by atoms with Crippen LogP contribution in [0.2, 0.25) is 0 Å². The molecule has 2 atom stereocenters. The number of sulfonamides is 1. The van der Waals surface area contributed by atoms with Crippen molar-refractivity contribution in [3.63, 3.8) is 0 Å². The molecule has 0 spiro atoms. The summed E-state index contributed by atoms with van der Waals surface area (Å²) < 4.78 is 28.7. The Kier molecular flexibility index (Phi) is 11.7. The van der Waals surface area contributed by atoms with Gasteiger partial charge in [-0.15, -0.1) is 0 Å². The number of hydrogen-bond acceptors (Lipinski definition) is 7. The molecule has 0 bridgehead atoms. The second kappa shape index (κ2) is 14.4. The number of likely N-dealkylation sites (tertiary alicyclic amines) is 1. The molecule has 2 aliphatic carbocycles. The fourth-order valence-corrected chi connectivity index (χ4v) is 8.88. The molecule has 3 fully saturated rings. The summed E-state index contributed by atoms with van der Waals surface area (Å²) >= 11 is 0. The van der Waals surface area contributed by atoms with Gasteiger partial charge in [0.2, 0.25) is 27.6 Å². The SMILES string of the molecule is CCN(C(C)(C)C)S(=O)(=O)CC1(NC(=O)N[C@H](C(=O)N2CCC[C@H]2C(=O)NCC(=O)C(=O)NC2CC2)C(C)(C)C)CCCCC1. The van der Waals surface area contributed by atoms with E-state index in [9.17, 15) is 32.4 Å². The second-order valence-electron chi connectivity index (χ2n) is 14.9. The number of urea groups is 1. The van der Waals surface area contributed by atoms with Crippen molar-refractivity contribution in [2.45, 2.75) is 135 Å². The highest BCUT2D eigenvalue weighted by molar-refractivity contribution is 7.89. The average molecular weight is 655 g/mol. The maximum atomic E-state index is 13.9. The molecule has 1 aliphatic heterocycles. The van der Waals surface area contributed by atoms with Gasteiger partial charge < -0.3 is 26.2 Å². The fraction of sp³-hybridized carbons (Fsp3) is 0.839. The topological polar surface area (TPSA) is 174 Å². The van der Waals surface area contributed by atoms with Crippen molar-refractivity contribution in [3.8, 4) is 0 Å². The van der Waals surface area contributed by atoms with Gasteiger partial charge in [0, 0.05) is 24.7 Å². The molecule has 0 aromatic carbocycles. The maximum Gasteiger partial charge on any atom is 0.315 e. The van der Waals surface area contributed by atoms with Crippen LogP contribution in [0.25, 0.3) is 0 Å². The third-order valence-electron chi connectivity index (χ3n) is 8.84. The Morgan fingerprint density at radius 2 is 1.56 bits per heavy atom. The van der Waals surface area contributed by atoms with Crippen LogP contribution >= 0.6 is 0 Å². The first-order valence-corrected chi connectivity index (χ1v) is 17.9. The number of carbonyl (C=O) groups is 5. The monoisotopic (exact) mass is 654 g/mol. The summed E-state index contributed by atoms with van der Waals surface area (Å²) in [7, 11) is -3.73. The maximum absolute atomic E-state index is 13.9. The van der Waals surface area contributed by atoms with Gasteiger partial charge in [-0.1, -0.05) is 47.0 Å². The Hall–Kier alpha value is -2.74. The molecule has 0 aromatic rings. The number of nitrogens with one attached hydrogen (secondary N) is 4. The quantitative estimate of drug-likeness (QED) is 0.232. The van der Waals surface area contributed by atoms with E-state index in [0.717, 1.165) is 32.1 Å². The molecule has 5 amide bonds. The number of rotatable bonds is 12. The van der Waals surface area contributed by atoms with E-state index in [-0.39, 0.29) is 11.8 Å². The molecular weight excluding hydrogens is 600 g/mol. The standard InChI is InChI=1S/C31H54N6O7S/c1-8-37(30(5,6)7)45(43,44)20-31(16-10-9-11-17-31)35-28(42)34-24(29(2,3)4)27(41)36-18-12-13-22(36)25(39)32-19-23(38)26(40)33-21-14-15-21/h21-22,24H,8-20H2,1-7H3,(H,32,39)(H,33,40)(H2,34,35,42)/t22-,24+/m0/s1. The number of Topliss-reactive ketones (excluding diaryl/α,β-unsaturated/α-hetero) is 1. The zero-order chi connectivity index (χ0) is 33.8. The molecule has 4 N–H and O–H groups in total. The summed E-state index contributed by atoms with van der Waals surface area (Å²) in [6.45, 7) is 12.9. The van der Waals surface area contributed by atoms with Crippen LogP contribution in [0.5, 0.6) is 0 Å². The average Bonchev–Trinajstić information content (AvgIpc) is 3.59. The van der Waals surface area contributed by atoms with E-state index in [2.05, 4.69) is 21.3 Å². The van der Waals surface area contributed by atoms with E-state index in [4.69, 9.17) is 0 Å². The van der Waals surface area contributed by atoms with Gasteiger partial charge in [-0.2, -0.15) is 4.31 Å². The summed E-state index contributed by atoms with van der Waals surface area (Å²) in [5, 5.41) is 10.9. The lowest BCUT2D eigenvalue weighted by Gasteiger charge is -2.42. The molecule has 45 heavy (non-hydrogen) atoms. The Bertz CT molecular complexity index is 1230. The predicted octanol–water partition coefficient (Wildman–Crippen LogP) is 1.81. The third kappa shape index (κ3) is 9.87. The normalized spacial score (nSPS) is 21.2. The van der Waals surface area contributed by atoms with E-state index in [1.807, 2.05) is 20.8 Å². The molecule has 3 aliphatic rings. The van der Waals surface area contributed by atoms with Crippen LogP contribution in [-0.4, -0.2) is 102 Å². The van der Waals surface area contributed by atoms with Crippen LogP contribution in [0.3, 0.4) is 0 Å². The molecule has 1 heterocycles. The van der Waals surface area contributed by atoms with Gasteiger partial charge in [0.1, 0.15) is 12.1 Å². The molecule has 0 unspecified atom stereocenters. The summed E-state index contributed by atoms with van der Waals surface area (Å²) in [6.07, 6.45) is 6.10. The minimum Gasteiger partial charge on any atom is -0.347 e. The Morgan fingerprint density at radius 1 is 0.933 bits per heavy atom. The summed E-state index contributed by atoms with van der Waals surface area (Å²) in [6, 6.07) is -2.48. The minimum absolute atomic E-state index is 0.0195. The molecule has 1 saturated heterocycles. The molecular formula is C31H54N6O7S. The van der Waals surface area contributed by atoms with Crippen LogP contribution in [-0.2, 0) is 29.2 Å². The van der Waals surface area contributed by atoms with Crippen molar-refractivity contribution in [1.29, 1.82) is 0 Å². The molecule has 3 rings (SSSR count). The van der Waals surface area contributed by atoms with Crippen LogP contribution < -0.4 is 21.3 Å². The van der Waals surface area contributed by atoms with Crippen molar-refractivity contribution in [3.05, 3.63) is 0 Å². The lowest BCUT2D eigenvalue weighted by atomic mass is 9.83. The number of hydrogen-bond donors (Lipinski definition) is 4. The van der Waals surface area contributed by atoms with Gasteiger partial charge in [-0.05, 0) is 64.7 Å². The second-order valence-corrected chi connectivity index (χ2v) is 16.8. The Morgan fingerprint density at radius 3 is 2.09 bits per heavy atom. The lowest BCUT2D eigenvalue weighted by molar-refractivity contribution is -0.142. The number of amides is 5. The highest BCUT2D eigenvalue weighted by Crippen LogP contribution is 2.32. The van der Waals surface area contributed by atoms with Crippen LogP contribution in [0, 0.1) is 5.41 Å². The van der Waals surface area contributed by atoms with E-state index < -0.39 is 74.7 Å². The van der Waals surface area contributed by atoms with Gasteiger partial charge in [0.05, 0.1) is 17.8 Å². The summed E-state index contributed by atoms with van der Waals surface area (Å²) in [5.74, 6) is -2.69. The molecule has 0 aromatic heterocycles. The highest BCUT2D eigenvalue weighted by Gasteiger charge is 2.45. The van der Waals surface area contributed by atoms with E-state index in [1.54, 1.807) is 27.7 Å². The zero-order valence-electron chi connectivity index (χ0n) is 28.1. The van der Waals surface area contributed by atoms with Gasteiger partial charge >= 0.3 is 6.03 Å². The van der Waals surface area contributed by atoms with Gasteiger partial charge in [0.25, 0.3) is 5.91 Å². The molecule has 256 valence electrons. The van der Waals surface area contributed by atoms with Crippen molar-refractivity contribution in [1.82, 2.24) is 30.5 Å². The first-order valence-electron chi connectivity index (χ1n) is 16.3. The first-order chi connectivity index (χ1) is 20.8. The number of carbonyl (C=O) groups excluding carboxylic acids is 5. The Balaban J connectivity index is 1.71. The zero-order valence-corrected chi connectivity index (χ0v) is 28.9. The Labute approximate surface area is 268 Å². The molecule has 14 heteroatoms. The van der Waals surface area contributed by atoms with Crippen molar-refractivity contribution < 1.29 is 32.4 Å². The molecule has 13 nitrogen and oxygen atoms in total. The van der Waals surface area contributed by atoms with Crippen molar-refractivity contribution >= 4 is 39.6 Å². The van der Waals surface area contributed by atoms with E-state index in [0.29, 0.717) is 38.8 Å². The van der Waals surface area contributed by atoms with Gasteiger partial charge in [-0.3, -0.25) is 19.2 Å². The molecule has 2 saturated carbocycles. The summed E-state index contributed by atoms with van der Waals surface area (Å²) in [4.78, 5) is 66.2. The minimum atomic E-state index is -3.73. The summed E-state index contributed by atoms with van der Waals surface area (Å²) in [5.41, 5.74) is -2.35. The van der Waals surface area contributed by atoms with Crippen molar-refractivity contribution in [2.24, 2.45) is 5.41 Å². The van der Waals surface area contributed by atoms with Crippen LogP contribution in [0.15, 0.2) is 0 Å². The fourth-order valence-electron chi connectivity index (χ4n) is 6.43. The first kappa shape index (κ1) is 36.7. The van der Waals surface area contributed by atoms with Gasteiger partial charge in [0.15, 0.2) is 0 Å². The van der Waals surface area contributed by atoms with Crippen LogP contribution in [0.1, 0.15) is 106 Å². The molecule has 0 radical (unpaired) electrons. The van der Waals surface area contributed by atoms with Gasteiger partial charge in [-0.25, -0.2) is 13.2 Å². The number of nitrogens with zero attached hydrogens (tertiary/aromatic N) is 2. The lowest BCUT2D eigenvalue weighted by Crippen LogP contribution is -2.63. The predicted molar refractivity (Wildman–Crippen MR) is 171 cm³/mol. The third-order valence-corrected chi connectivity index (χ3v) is 11.2. The van der Waals surface area contributed by atoms with E-state index in [1.165, 1.54) is 9.21 Å². The highest BCUT2D eigenvalue weighted by atomic mass is 32.2. The van der Waals surface area contributed by atoms with E-state index >= 15 is 0 Å². The number of ketones is 1.